The highest BCUT2D eigenvalue weighted by atomic mass is 79.9. The second-order valence-corrected chi connectivity index (χ2v) is 5.07. The Kier molecular flexibility index (Phi) is 5.76. The van der Waals surface area contributed by atoms with Gasteiger partial charge < -0.3 is 5.32 Å². The molecular formula is C12H18BrClN2. The molecule has 4 heteroatoms. The Labute approximate surface area is 112 Å². The van der Waals surface area contributed by atoms with Gasteiger partial charge in [0.2, 0.25) is 0 Å². The second kappa shape index (κ2) is 6.60. The molecule has 0 bridgehead atoms. The molecule has 1 heterocycles. The first kappa shape index (κ1) is 14.0. The van der Waals surface area contributed by atoms with Gasteiger partial charge in [-0.3, -0.25) is 4.90 Å². The molecule has 1 aromatic rings. The van der Waals surface area contributed by atoms with E-state index in [1.807, 2.05) is 0 Å². The van der Waals surface area contributed by atoms with E-state index in [2.05, 4.69) is 57.3 Å². The fourth-order valence-electron chi connectivity index (χ4n) is 1.94. The maximum Gasteiger partial charge on any atom is 0.0237 e. The lowest BCUT2D eigenvalue weighted by Crippen LogP contribution is -2.49. The van der Waals surface area contributed by atoms with E-state index >= 15 is 0 Å². The van der Waals surface area contributed by atoms with Crippen LogP contribution in [0.25, 0.3) is 0 Å². The lowest BCUT2D eigenvalue weighted by molar-refractivity contribution is 0.165. The normalized spacial score (nSPS) is 21.5. The van der Waals surface area contributed by atoms with Crippen LogP contribution in [0.3, 0.4) is 0 Å². The van der Waals surface area contributed by atoms with Gasteiger partial charge in [0.05, 0.1) is 0 Å². The van der Waals surface area contributed by atoms with Crippen molar-refractivity contribution in [2.75, 3.05) is 19.6 Å². The molecule has 0 amide bonds. The van der Waals surface area contributed by atoms with Crippen LogP contribution in [0.2, 0.25) is 0 Å². The van der Waals surface area contributed by atoms with Gasteiger partial charge in [-0.25, -0.2) is 0 Å². The molecule has 1 aliphatic heterocycles. The predicted molar refractivity (Wildman–Crippen MR) is 74.1 cm³/mol. The number of hydrogen-bond donors (Lipinski definition) is 1. The molecule has 0 saturated carbocycles. The first-order chi connectivity index (χ1) is 7.25. The van der Waals surface area contributed by atoms with Crippen molar-refractivity contribution in [1.82, 2.24) is 10.2 Å². The largest absolute Gasteiger partial charge is 0.314 e. The molecule has 16 heavy (non-hydrogen) atoms. The number of piperazine rings is 1. The van der Waals surface area contributed by atoms with Crippen LogP contribution >= 0.6 is 28.3 Å². The van der Waals surface area contributed by atoms with Crippen LogP contribution in [0.5, 0.6) is 0 Å². The van der Waals surface area contributed by atoms with Gasteiger partial charge in [0.15, 0.2) is 0 Å². The third kappa shape index (κ3) is 3.74. The minimum atomic E-state index is 0. The predicted octanol–water partition coefficient (Wildman–Crippen LogP) is 2.66. The number of rotatable bonds is 2. The summed E-state index contributed by atoms with van der Waals surface area (Å²) in [6.45, 7) is 6.72. The minimum Gasteiger partial charge on any atom is -0.314 e. The van der Waals surface area contributed by atoms with Crippen molar-refractivity contribution in [1.29, 1.82) is 0 Å². The number of nitrogens with one attached hydrogen (secondary N) is 1. The number of hydrogen-bond acceptors (Lipinski definition) is 2. The summed E-state index contributed by atoms with van der Waals surface area (Å²) in [4.78, 5) is 2.53. The van der Waals surface area contributed by atoms with Crippen molar-refractivity contribution < 1.29 is 0 Å². The van der Waals surface area contributed by atoms with E-state index in [1.54, 1.807) is 0 Å². The molecule has 2 rings (SSSR count). The van der Waals surface area contributed by atoms with Crippen LogP contribution in [-0.2, 0) is 6.54 Å². The molecule has 1 saturated heterocycles. The van der Waals surface area contributed by atoms with Crippen molar-refractivity contribution in [2.24, 2.45) is 0 Å². The Hall–Kier alpha value is -0.0900. The average Bonchev–Trinajstić information content (AvgIpc) is 2.25. The second-order valence-electron chi connectivity index (χ2n) is 4.15. The third-order valence-electron chi connectivity index (χ3n) is 2.94. The van der Waals surface area contributed by atoms with Crippen LogP contribution in [0.4, 0.5) is 0 Å². The highest BCUT2D eigenvalue weighted by Crippen LogP contribution is 2.14. The smallest absolute Gasteiger partial charge is 0.0237 e. The zero-order valence-electron chi connectivity index (χ0n) is 9.45. The summed E-state index contributed by atoms with van der Waals surface area (Å²) >= 11 is 3.46. The van der Waals surface area contributed by atoms with E-state index in [9.17, 15) is 0 Å². The highest BCUT2D eigenvalue weighted by Gasteiger charge is 2.17. The Morgan fingerprint density at radius 3 is 2.69 bits per heavy atom. The number of benzene rings is 1. The fraction of sp³-hybridized carbons (Fsp3) is 0.500. The molecule has 0 spiro atoms. The van der Waals surface area contributed by atoms with Gasteiger partial charge in [-0.1, -0.05) is 28.1 Å². The lowest BCUT2D eigenvalue weighted by atomic mass is 10.1. The lowest BCUT2D eigenvalue weighted by Gasteiger charge is -2.33. The van der Waals surface area contributed by atoms with E-state index in [0.29, 0.717) is 6.04 Å². The van der Waals surface area contributed by atoms with E-state index < -0.39 is 0 Å². The monoisotopic (exact) mass is 304 g/mol. The molecule has 0 radical (unpaired) electrons. The molecule has 0 aliphatic carbocycles. The molecule has 90 valence electrons. The Morgan fingerprint density at radius 1 is 1.38 bits per heavy atom. The maximum atomic E-state index is 3.46. The van der Waals surface area contributed by atoms with Crippen molar-refractivity contribution in [2.45, 2.75) is 19.5 Å². The zero-order valence-corrected chi connectivity index (χ0v) is 11.9. The van der Waals surface area contributed by atoms with E-state index in [0.717, 1.165) is 30.7 Å². The van der Waals surface area contributed by atoms with Crippen molar-refractivity contribution >= 4 is 28.3 Å². The SMILES string of the molecule is C[C@H]1CNCCN1Cc1ccc(Br)cc1.Cl. The summed E-state index contributed by atoms with van der Waals surface area (Å²) in [7, 11) is 0. The minimum absolute atomic E-state index is 0. The summed E-state index contributed by atoms with van der Waals surface area (Å²) in [5, 5.41) is 3.41. The molecule has 1 aromatic carbocycles. The summed E-state index contributed by atoms with van der Waals surface area (Å²) < 4.78 is 1.15. The van der Waals surface area contributed by atoms with Crippen LogP contribution < -0.4 is 5.32 Å². The van der Waals surface area contributed by atoms with Crippen LogP contribution in [0.15, 0.2) is 28.7 Å². The molecule has 1 aliphatic rings. The van der Waals surface area contributed by atoms with Crippen molar-refractivity contribution in [3.05, 3.63) is 34.3 Å². The van der Waals surface area contributed by atoms with Crippen LogP contribution in [0.1, 0.15) is 12.5 Å². The van der Waals surface area contributed by atoms with E-state index in [-0.39, 0.29) is 12.4 Å². The highest BCUT2D eigenvalue weighted by molar-refractivity contribution is 9.10. The quantitative estimate of drug-likeness (QED) is 0.904. The number of halogens is 2. The summed E-state index contributed by atoms with van der Waals surface area (Å²) in [5.41, 5.74) is 1.40. The maximum absolute atomic E-state index is 3.46. The van der Waals surface area contributed by atoms with Crippen LogP contribution in [-0.4, -0.2) is 30.6 Å². The molecule has 1 atom stereocenters. The Bertz CT molecular complexity index is 315. The zero-order chi connectivity index (χ0) is 10.7. The first-order valence-electron chi connectivity index (χ1n) is 5.45. The van der Waals surface area contributed by atoms with Gasteiger partial charge >= 0.3 is 0 Å². The molecule has 2 nitrogen and oxygen atoms in total. The topological polar surface area (TPSA) is 15.3 Å². The van der Waals surface area contributed by atoms with Gasteiger partial charge in [0, 0.05) is 36.7 Å². The Balaban J connectivity index is 0.00000128. The molecule has 1 fully saturated rings. The summed E-state index contributed by atoms with van der Waals surface area (Å²) in [5.74, 6) is 0. The van der Waals surface area contributed by atoms with Gasteiger partial charge in [0.1, 0.15) is 0 Å². The summed E-state index contributed by atoms with van der Waals surface area (Å²) in [6, 6.07) is 9.25. The number of nitrogens with zero attached hydrogens (tertiary/aromatic N) is 1. The fourth-order valence-corrected chi connectivity index (χ4v) is 2.21. The van der Waals surface area contributed by atoms with Gasteiger partial charge in [-0.2, -0.15) is 0 Å². The van der Waals surface area contributed by atoms with Gasteiger partial charge in [-0.15, -0.1) is 12.4 Å². The third-order valence-corrected chi connectivity index (χ3v) is 3.47. The van der Waals surface area contributed by atoms with Gasteiger partial charge in [-0.05, 0) is 24.6 Å². The summed E-state index contributed by atoms with van der Waals surface area (Å²) in [6.07, 6.45) is 0. The average molecular weight is 306 g/mol. The molecule has 0 aromatic heterocycles. The van der Waals surface area contributed by atoms with Gasteiger partial charge in [0.25, 0.3) is 0 Å². The molecule has 1 N–H and O–H groups in total. The molecular weight excluding hydrogens is 288 g/mol. The standard InChI is InChI=1S/C12H17BrN2.ClH/c1-10-8-14-6-7-15(10)9-11-2-4-12(13)5-3-11;/h2-5,10,14H,6-9H2,1H3;1H/t10-;/m0./s1. The van der Waals surface area contributed by atoms with Crippen molar-refractivity contribution in [3.8, 4) is 0 Å². The Morgan fingerprint density at radius 2 is 2.06 bits per heavy atom. The van der Waals surface area contributed by atoms with Crippen LogP contribution in [0, 0.1) is 0 Å². The van der Waals surface area contributed by atoms with Crippen molar-refractivity contribution in [3.63, 3.8) is 0 Å². The van der Waals surface area contributed by atoms with E-state index in [4.69, 9.17) is 0 Å². The first-order valence-corrected chi connectivity index (χ1v) is 6.24. The van der Waals surface area contributed by atoms with E-state index in [1.165, 1.54) is 5.56 Å². The molecule has 0 unspecified atom stereocenters.